The molecule has 2 unspecified atom stereocenters. The number of rotatable bonds is 8. The second-order valence-electron chi connectivity index (χ2n) is 5.70. The first-order valence-electron chi connectivity index (χ1n) is 8.19. The van der Waals surface area contributed by atoms with Crippen molar-refractivity contribution >= 4 is 40.8 Å². The van der Waals surface area contributed by atoms with Gasteiger partial charge in [0.05, 0.1) is 22.0 Å². The molecule has 2 aromatic carbocycles. The topological polar surface area (TPSA) is 91.2 Å². The fraction of sp³-hybridized carbons (Fsp3) is 0.263. The van der Waals surface area contributed by atoms with Gasteiger partial charge in [0.2, 0.25) is 0 Å². The average Bonchev–Trinajstić information content (AvgIpc) is 2.68. The van der Waals surface area contributed by atoms with Crippen molar-refractivity contribution in [3.05, 3.63) is 64.7 Å². The van der Waals surface area contributed by atoms with E-state index in [0.29, 0.717) is 16.3 Å². The van der Waals surface area contributed by atoms with Crippen LogP contribution in [0.1, 0.15) is 23.7 Å². The number of aliphatic hydroxyl groups excluding tert-OH is 2. The van der Waals surface area contributed by atoms with Gasteiger partial charge < -0.3 is 20.3 Å². The molecule has 0 heterocycles. The van der Waals surface area contributed by atoms with Crippen LogP contribution >= 0.6 is 23.8 Å². The second kappa shape index (κ2) is 10.8. The molecule has 8 heteroatoms. The Kier molecular flexibility index (Phi) is 8.39. The van der Waals surface area contributed by atoms with Crippen molar-refractivity contribution in [3.63, 3.8) is 0 Å². The molecule has 0 fully saturated rings. The molecule has 0 aliphatic rings. The number of ether oxygens (including phenoxy) is 1. The standard InChI is InChI=1S/C19H19ClN2O4S/c20-15-10-14(6-7-16(15)22-12-27)18(24)17(23)8-9-21-19(25)26-11-13-4-2-1-3-5-13/h1-7,10,17-18,23-24H,8-9,11H2,(H,21,25). The SMILES string of the molecule is O=C(NCCC(O)C(O)c1ccc(N=C=S)c(Cl)c1)OCc1ccccc1. The number of halogens is 1. The van der Waals surface area contributed by atoms with E-state index in [4.69, 9.17) is 16.3 Å². The molecule has 0 saturated carbocycles. The molecule has 27 heavy (non-hydrogen) atoms. The monoisotopic (exact) mass is 406 g/mol. The number of nitrogens with zero attached hydrogens (tertiary/aromatic N) is 1. The lowest BCUT2D eigenvalue weighted by molar-refractivity contribution is 0.0136. The largest absolute Gasteiger partial charge is 0.445 e. The maximum Gasteiger partial charge on any atom is 0.407 e. The van der Waals surface area contributed by atoms with E-state index in [2.05, 4.69) is 27.7 Å². The molecule has 2 aromatic rings. The number of aliphatic hydroxyl groups is 2. The summed E-state index contributed by atoms with van der Waals surface area (Å²) in [6.07, 6.45) is -2.70. The van der Waals surface area contributed by atoms with Crippen LogP contribution in [0.5, 0.6) is 0 Å². The first-order valence-corrected chi connectivity index (χ1v) is 8.98. The molecule has 0 saturated heterocycles. The summed E-state index contributed by atoms with van der Waals surface area (Å²) in [6.45, 7) is 0.305. The van der Waals surface area contributed by atoms with Gasteiger partial charge in [0.1, 0.15) is 12.7 Å². The zero-order valence-electron chi connectivity index (χ0n) is 14.3. The third-order valence-corrected chi connectivity index (χ3v) is 4.16. The highest BCUT2D eigenvalue weighted by molar-refractivity contribution is 7.78. The van der Waals surface area contributed by atoms with Crippen molar-refractivity contribution in [1.82, 2.24) is 5.32 Å². The normalized spacial score (nSPS) is 12.6. The Balaban J connectivity index is 1.77. The van der Waals surface area contributed by atoms with Gasteiger partial charge in [-0.2, -0.15) is 4.99 Å². The molecule has 0 bridgehead atoms. The van der Waals surface area contributed by atoms with E-state index in [9.17, 15) is 15.0 Å². The maximum absolute atomic E-state index is 11.7. The lowest BCUT2D eigenvalue weighted by atomic mass is 10.0. The van der Waals surface area contributed by atoms with Gasteiger partial charge in [-0.3, -0.25) is 0 Å². The van der Waals surface area contributed by atoms with Crippen LogP contribution < -0.4 is 5.32 Å². The minimum atomic E-state index is -1.16. The molecule has 0 radical (unpaired) electrons. The minimum Gasteiger partial charge on any atom is -0.445 e. The molecular formula is C19H19ClN2O4S. The number of isothiocyanates is 1. The van der Waals surface area contributed by atoms with Crippen LogP contribution in [0, 0.1) is 0 Å². The molecule has 2 rings (SSSR count). The fourth-order valence-electron chi connectivity index (χ4n) is 2.32. The highest BCUT2D eigenvalue weighted by atomic mass is 35.5. The smallest absolute Gasteiger partial charge is 0.407 e. The van der Waals surface area contributed by atoms with Gasteiger partial charge in [0, 0.05) is 6.54 Å². The van der Waals surface area contributed by atoms with Crippen LogP contribution in [0.3, 0.4) is 0 Å². The minimum absolute atomic E-state index is 0.138. The Bertz CT molecular complexity index is 813. The molecule has 6 nitrogen and oxygen atoms in total. The number of carbonyl (C=O) groups is 1. The Morgan fingerprint density at radius 1 is 1.26 bits per heavy atom. The molecule has 142 valence electrons. The maximum atomic E-state index is 11.7. The van der Waals surface area contributed by atoms with Gasteiger partial charge in [0.25, 0.3) is 0 Å². The van der Waals surface area contributed by atoms with Crippen molar-refractivity contribution in [1.29, 1.82) is 0 Å². The van der Waals surface area contributed by atoms with Crippen molar-refractivity contribution in [2.24, 2.45) is 4.99 Å². The number of aliphatic imine (C=N–C) groups is 1. The molecular weight excluding hydrogens is 388 g/mol. The number of nitrogens with one attached hydrogen (secondary N) is 1. The second-order valence-corrected chi connectivity index (χ2v) is 6.29. The summed E-state index contributed by atoms with van der Waals surface area (Å²) in [4.78, 5) is 15.4. The van der Waals surface area contributed by atoms with Gasteiger partial charge in [-0.25, -0.2) is 4.79 Å². The van der Waals surface area contributed by atoms with Crippen molar-refractivity contribution in [2.45, 2.75) is 25.2 Å². The van der Waals surface area contributed by atoms with Crippen LogP contribution in [0.2, 0.25) is 5.02 Å². The van der Waals surface area contributed by atoms with Gasteiger partial charge >= 0.3 is 6.09 Å². The van der Waals surface area contributed by atoms with Gasteiger partial charge in [-0.1, -0.05) is 48.0 Å². The third-order valence-electron chi connectivity index (χ3n) is 3.77. The Morgan fingerprint density at radius 3 is 2.67 bits per heavy atom. The number of alkyl carbamates (subject to hydrolysis) is 1. The summed E-state index contributed by atoms with van der Waals surface area (Å²) in [5.74, 6) is 0. The Hall–Kier alpha value is -2.28. The Labute approximate surface area is 167 Å². The zero-order valence-corrected chi connectivity index (χ0v) is 15.9. The van der Waals surface area contributed by atoms with E-state index >= 15 is 0 Å². The molecule has 0 aliphatic carbocycles. The third kappa shape index (κ3) is 6.75. The van der Waals surface area contributed by atoms with Gasteiger partial charge in [-0.15, -0.1) is 0 Å². The van der Waals surface area contributed by atoms with Crippen LogP contribution in [-0.4, -0.2) is 34.1 Å². The van der Waals surface area contributed by atoms with Crippen molar-refractivity contribution < 1.29 is 19.7 Å². The summed E-state index contributed by atoms with van der Waals surface area (Å²) < 4.78 is 5.07. The number of benzene rings is 2. The lowest BCUT2D eigenvalue weighted by Crippen LogP contribution is -2.29. The van der Waals surface area contributed by atoms with Gasteiger partial charge in [-0.05, 0) is 41.9 Å². The van der Waals surface area contributed by atoms with Crippen LogP contribution in [-0.2, 0) is 11.3 Å². The summed E-state index contributed by atoms with van der Waals surface area (Å²) >= 11 is 10.6. The van der Waals surface area contributed by atoms with E-state index in [1.54, 1.807) is 12.1 Å². The number of hydrogen-bond donors (Lipinski definition) is 3. The van der Waals surface area contributed by atoms with E-state index in [0.717, 1.165) is 5.56 Å². The Morgan fingerprint density at radius 2 is 2.00 bits per heavy atom. The average molecular weight is 407 g/mol. The number of carbonyl (C=O) groups excluding carboxylic acids is 1. The van der Waals surface area contributed by atoms with Crippen molar-refractivity contribution in [2.75, 3.05) is 6.54 Å². The highest BCUT2D eigenvalue weighted by Gasteiger charge is 2.19. The lowest BCUT2D eigenvalue weighted by Gasteiger charge is -2.19. The zero-order chi connectivity index (χ0) is 19.6. The summed E-state index contributed by atoms with van der Waals surface area (Å²) in [5, 5.41) is 25.4. The van der Waals surface area contributed by atoms with E-state index in [1.807, 2.05) is 30.3 Å². The van der Waals surface area contributed by atoms with E-state index < -0.39 is 18.3 Å². The number of hydrogen-bond acceptors (Lipinski definition) is 6. The van der Waals surface area contributed by atoms with Gasteiger partial charge in [0.15, 0.2) is 0 Å². The highest BCUT2D eigenvalue weighted by Crippen LogP contribution is 2.29. The predicted octanol–water partition coefficient (Wildman–Crippen LogP) is 3.79. The van der Waals surface area contributed by atoms with Crippen LogP contribution in [0.15, 0.2) is 53.5 Å². The summed E-state index contributed by atoms with van der Waals surface area (Å²) in [5.41, 5.74) is 1.74. The number of amides is 1. The quantitative estimate of drug-likeness (QED) is 0.458. The van der Waals surface area contributed by atoms with E-state index in [-0.39, 0.29) is 19.6 Å². The molecule has 3 N–H and O–H groups in total. The first-order chi connectivity index (χ1) is 13.0. The van der Waals surface area contributed by atoms with Crippen molar-refractivity contribution in [3.8, 4) is 0 Å². The molecule has 2 atom stereocenters. The fourth-order valence-corrected chi connectivity index (χ4v) is 2.65. The molecule has 0 spiro atoms. The van der Waals surface area contributed by atoms with E-state index in [1.165, 1.54) is 6.07 Å². The molecule has 1 amide bonds. The predicted molar refractivity (Wildman–Crippen MR) is 106 cm³/mol. The molecule has 0 aliphatic heterocycles. The van der Waals surface area contributed by atoms with Crippen LogP contribution in [0.25, 0.3) is 0 Å². The molecule has 0 aromatic heterocycles. The number of thiocarbonyl (C=S) groups is 1. The first kappa shape index (κ1) is 21.0. The summed E-state index contributed by atoms with van der Waals surface area (Å²) in [6, 6.07) is 14.0. The van der Waals surface area contributed by atoms with Crippen LogP contribution in [0.4, 0.5) is 10.5 Å². The summed E-state index contributed by atoms with van der Waals surface area (Å²) in [7, 11) is 0.